The minimum atomic E-state index is -1.90. The third kappa shape index (κ3) is 7.31. The van der Waals surface area contributed by atoms with Crippen LogP contribution >= 0.6 is 11.8 Å². The summed E-state index contributed by atoms with van der Waals surface area (Å²) in [5.74, 6) is 1.17. The molecule has 0 spiro atoms. The van der Waals surface area contributed by atoms with Gasteiger partial charge in [-0.3, -0.25) is 0 Å². The Morgan fingerprint density at radius 1 is 1.09 bits per heavy atom. The average Bonchev–Trinajstić information content (AvgIpc) is 2.44. The first-order chi connectivity index (χ1) is 10.6. The monoisotopic (exact) mass is 350 g/mol. The van der Waals surface area contributed by atoms with Gasteiger partial charge in [-0.1, -0.05) is 62.4 Å². The van der Waals surface area contributed by atoms with Crippen molar-refractivity contribution in [1.29, 1.82) is 0 Å². The first-order valence-electron chi connectivity index (χ1n) is 7.97. The largest absolute Gasteiger partial charge is 0.519 e. The molecule has 4 heteroatoms. The molecule has 0 bridgehead atoms. The molecule has 0 atom stereocenters. The quantitative estimate of drug-likeness (QED) is 0.182. The van der Waals surface area contributed by atoms with E-state index >= 15 is 0 Å². The van der Waals surface area contributed by atoms with Crippen molar-refractivity contribution < 1.29 is 9.16 Å². The van der Waals surface area contributed by atoms with E-state index in [1.807, 2.05) is 30.4 Å². The molecule has 128 valence electrons. The maximum Gasteiger partial charge on any atom is 0.266 e. The fourth-order valence-corrected chi connectivity index (χ4v) is 3.02. The van der Waals surface area contributed by atoms with Crippen molar-refractivity contribution in [2.24, 2.45) is 0 Å². The number of hydrogen-bond donors (Lipinski definition) is 0. The van der Waals surface area contributed by atoms with Crippen LogP contribution in [0.2, 0.25) is 18.1 Å². The number of hydrogen-bond acceptors (Lipinski definition) is 3. The zero-order valence-corrected chi connectivity index (χ0v) is 17.3. The van der Waals surface area contributed by atoms with E-state index in [-0.39, 0.29) is 5.04 Å². The van der Waals surface area contributed by atoms with Gasteiger partial charge in [-0.05, 0) is 44.1 Å². The van der Waals surface area contributed by atoms with Crippen LogP contribution in [0, 0.1) is 0 Å². The van der Waals surface area contributed by atoms with E-state index in [4.69, 9.17) is 9.16 Å². The Morgan fingerprint density at radius 3 is 2.22 bits per heavy atom. The maximum absolute atomic E-state index is 6.31. The standard InChI is InChI=1S/C19H30O2SSi/c1-16(2)13-14-18(21-23(6,7)19(3,4)5)20-15-22-17-11-9-8-10-12-17/h8-14H,15H2,1-7H3/b18-14-. The van der Waals surface area contributed by atoms with Gasteiger partial charge in [0, 0.05) is 11.0 Å². The highest BCUT2D eigenvalue weighted by atomic mass is 32.2. The van der Waals surface area contributed by atoms with Crippen molar-refractivity contribution >= 4 is 20.1 Å². The Balaban J connectivity index is 2.74. The second-order valence-corrected chi connectivity index (χ2v) is 13.0. The molecular formula is C19H30O2SSi. The zero-order chi connectivity index (χ0) is 17.5. The van der Waals surface area contributed by atoms with E-state index in [1.54, 1.807) is 11.8 Å². The second kappa shape index (κ2) is 8.64. The molecule has 0 unspecified atom stereocenters. The Labute approximate surface area is 147 Å². The van der Waals surface area contributed by atoms with Gasteiger partial charge in [0.25, 0.3) is 14.3 Å². The van der Waals surface area contributed by atoms with Gasteiger partial charge in [-0.15, -0.1) is 0 Å². The molecule has 0 fully saturated rings. The van der Waals surface area contributed by atoms with Crippen LogP contribution in [0.3, 0.4) is 0 Å². The van der Waals surface area contributed by atoms with Crippen LogP contribution in [-0.4, -0.2) is 14.3 Å². The van der Waals surface area contributed by atoms with Gasteiger partial charge >= 0.3 is 0 Å². The number of thioether (sulfide) groups is 1. The third-order valence-corrected chi connectivity index (χ3v) is 9.05. The highest BCUT2D eigenvalue weighted by Gasteiger charge is 2.39. The van der Waals surface area contributed by atoms with Crippen LogP contribution in [0.4, 0.5) is 0 Å². The van der Waals surface area contributed by atoms with Crippen molar-refractivity contribution in [3.8, 4) is 0 Å². The van der Waals surface area contributed by atoms with Crippen molar-refractivity contribution in [1.82, 2.24) is 0 Å². The molecule has 0 N–H and O–H groups in total. The van der Waals surface area contributed by atoms with Gasteiger partial charge in [0.15, 0.2) is 0 Å². The molecule has 23 heavy (non-hydrogen) atoms. The normalized spacial score (nSPS) is 12.7. The van der Waals surface area contributed by atoms with E-state index in [0.717, 1.165) is 0 Å². The molecule has 0 heterocycles. The molecule has 0 aliphatic heterocycles. The molecular weight excluding hydrogens is 320 g/mol. The molecule has 0 aliphatic rings. The summed E-state index contributed by atoms with van der Waals surface area (Å²) in [6.07, 6.45) is 3.98. The van der Waals surface area contributed by atoms with E-state index in [9.17, 15) is 0 Å². The summed E-state index contributed by atoms with van der Waals surface area (Å²) in [4.78, 5) is 1.20. The molecule has 0 aliphatic carbocycles. The summed E-state index contributed by atoms with van der Waals surface area (Å²) in [6.45, 7) is 15.3. The number of benzene rings is 1. The Morgan fingerprint density at radius 2 is 1.70 bits per heavy atom. The van der Waals surface area contributed by atoms with E-state index in [0.29, 0.717) is 11.9 Å². The fraction of sp³-hybridized carbons (Fsp3) is 0.474. The molecule has 1 aromatic rings. The number of rotatable bonds is 7. The average molecular weight is 351 g/mol. The summed E-state index contributed by atoms with van der Waals surface area (Å²) in [5, 5.41) is 0.146. The number of allylic oxidation sites excluding steroid dienone is 3. The van der Waals surface area contributed by atoms with Crippen LogP contribution in [0.5, 0.6) is 0 Å². The van der Waals surface area contributed by atoms with Gasteiger partial charge in [0.05, 0.1) is 0 Å². The molecule has 2 nitrogen and oxygen atoms in total. The van der Waals surface area contributed by atoms with Crippen LogP contribution in [0.1, 0.15) is 34.6 Å². The summed E-state index contributed by atoms with van der Waals surface area (Å²) in [6, 6.07) is 10.3. The first kappa shape index (κ1) is 19.9. The maximum atomic E-state index is 6.31. The lowest BCUT2D eigenvalue weighted by Gasteiger charge is -2.36. The van der Waals surface area contributed by atoms with Crippen molar-refractivity contribution in [2.45, 2.75) is 57.6 Å². The van der Waals surface area contributed by atoms with E-state index in [2.05, 4.69) is 59.8 Å². The van der Waals surface area contributed by atoms with E-state index < -0.39 is 8.32 Å². The van der Waals surface area contributed by atoms with Crippen LogP contribution < -0.4 is 0 Å². The van der Waals surface area contributed by atoms with Gasteiger partial charge in [0.2, 0.25) is 0 Å². The predicted molar refractivity (Wildman–Crippen MR) is 104 cm³/mol. The Kier molecular flexibility index (Phi) is 7.48. The van der Waals surface area contributed by atoms with E-state index in [1.165, 1.54) is 10.5 Å². The molecule has 1 rings (SSSR count). The summed E-state index contributed by atoms with van der Waals surface area (Å²) in [5.41, 5.74) is 1.22. The zero-order valence-electron chi connectivity index (χ0n) is 15.5. The highest BCUT2D eigenvalue weighted by Crippen LogP contribution is 2.38. The molecule has 0 amide bonds. The summed E-state index contributed by atoms with van der Waals surface area (Å²) >= 11 is 1.67. The Bertz CT molecular complexity index is 538. The minimum Gasteiger partial charge on any atom is -0.519 e. The van der Waals surface area contributed by atoms with Crippen molar-refractivity contribution in [3.63, 3.8) is 0 Å². The van der Waals surface area contributed by atoms with Crippen LogP contribution in [0.25, 0.3) is 0 Å². The summed E-state index contributed by atoms with van der Waals surface area (Å²) < 4.78 is 12.2. The molecule has 0 saturated carbocycles. The second-order valence-electron chi connectivity index (χ2n) is 7.31. The predicted octanol–water partition coefficient (Wildman–Crippen LogP) is 6.58. The highest BCUT2D eigenvalue weighted by molar-refractivity contribution is 7.99. The van der Waals surface area contributed by atoms with Gasteiger partial charge in [0.1, 0.15) is 5.94 Å². The molecule has 0 aromatic heterocycles. The molecule has 0 saturated heterocycles. The lowest BCUT2D eigenvalue weighted by atomic mass is 10.2. The van der Waals surface area contributed by atoms with Crippen LogP contribution in [-0.2, 0) is 9.16 Å². The van der Waals surface area contributed by atoms with Crippen molar-refractivity contribution in [2.75, 3.05) is 5.94 Å². The van der Waals surface area contributed by atoms with Crippen molar-refractivity contribution in [3.05, 3.63) is 54.0 Å². The third-order valence-electron chi connectivity index (χ3n) is 3.88. The Hall–Kier alpha value is -1.13. The lowest BCUT2D eigenvalue weighted by Crippen LogP contribution is -2.40. The summed E-state index contributed by atoms with van der Waals surface area (Å²) in [7, 11) is -1.90. The van der Waals surface area contributed by atoms with Gasteiger partial charge < -0.3 is 9.16 Å². The SMILES string of the molecule is CC(C)=C/C=C(/OCSc1ccccc1)O[Si](C)(C)C(C)(C)C. The fourth-order valence-electron chi connectivity index (χ4n) is 1.42. The first-order valence-corrected chi connectivity index (χ1v) is 11.9. The smallest absolute Gasteiger partial charge is 0.266 e. The molecule has 1 aromatic carbocycles. The topological polar surface area (TPSA) is 18.5 Å². The number of ether oxygens (including phenoxy) is 1. The van der Waals surface area contributed by atoms with Crippen LogP contribution in [0.15, 0.2) is 58.9 Å². The van der Waals surface area contributed by atoms with Gasteiger partial charge in [-0.25, -0.2) is 0 Å². The van der Waals surface area contributed by atoms with Gasteiger partial charge in [-0.2, -0.15) is 0 Å². The molecule has 0 radical (unpaired) electrons. The lowest BCUT2D eigenvalue weighted by molar-refractivity contribution is 0.131. The minimum absolute atomic E-state index is 0.146.